The first-order chi connectivity index (χ1) is 31.3. The molecule has 0 unspecified atom stereocenters. The molecule has 1 N–H and O–H groups in total. The van der Waals surface area contributed by atoms with Gasteiger partial charge in [-0.15, -0.1) is 0 Å². The molecule has 1 aliphatic rings. The molecule has 1 aliphatic carbocycles. The highest BCUT2D eigenvalue weighted by Crippen LogP contribution is 2.32. The monoisotopic (exact) mass is 891 g/mol. The van der Waals surface area contributed by atoms with Crippen molar-refractivity contribution in [3.63, 3.8) is 0 Å². The second kappa shape index (κ2) is 31.6. The van der Waals surface area contributed by atoms with Gasteiger partial charge in [0.15, 0.2) is 23.0 Å². The second-order valence-electron chi connectivity index (χ2n) is 19.0. The van der Waals surface area contributed by atoms with Crippen molar-refractivity contribution in [1.29, 1.82) is 0 Å². The summed E-state index contributed by atoms with van der Waals surface area (Å²) in [6.45, 7) is 20.7. The molecule has 0 saturated heterocycles. The van der Waals surface area contributed by atoms with E-state index in [2.05, 4.69) is 132 Å². The van der Waals surface area contributed by atoms with Crippen LogP contribution in [0.1, 0.15) is 169 Å². The Morgan fingerprint density at radius 1 is 0.492 bits per heavy atom. The molecule has 1 saturated carbocycles. The number of nitrogens with zero attached hydrogens (tertiary/aromatic N) is 1. The summed E-state index contributed by atoms with van der Waals surface area (Å²) in [6.07, 6.45) is 35.6. The van der Waals surface area contributed by atoms with Gasteiger partial charge in [-0.2, -0.15) is 0 Å². The average molecular weight is 891 g/mol. The first-order valence-corrected chi connectivity index (χ1v) is 24.8. The minimum atomic E-state index is 0.381. The van der Waals surface area contributed by atoms with Crippen LogP contribution >= 0.6 is 0 Å². The zero-order valence-electron chi connectivity index (χ0n) is 43.2. The van der Waals surface area contributed by atoms with E-state index in [1.54, 1.807) is 28.4 Å². The van der Waals surface area contributed by atoms with Crippen LogP contribution in [0.15, 0.2) is 118 Å². The molecule has 65 heavy (non-hydrogen) atoms. The predicted molar refractivity (Wildman–Crippen MR) is 280 cm³/mol. The molecule has 2 atom stereocenters. The van der Waals surface area contributed by atoms with E-state index < -0.39 is 0 Å². The third-order valence-corrected chi connectivity index (χ3v) is 13.0. The molecule has 2 aromatic carbocycles. The number of hydrogen-bond acceptors (Lipinski definition) is 6. The molecule has 0 radical (unpaired) electrons. The third-order valence-electron chi connectivity index (χ3n) is 13.0. The van der Waals surface area contributed by atoms with E-state index in [-0.39, 0.29) is 0 Å². The van der Waals surface area contributed by atoms with E-state index in [1.807, 2.05) is 12.1 Å². The summed E-state index contributed by atoms with van der Waals surface area (Å²) in [5, 5.41) is 3.96. The van der Waals surface area contributed by atoms with Crippen molar-refractivity contribution in [2.75, 3.05) is 35.0 Å². The van der Waals surface area contributed by atoms with Gasteiger partial charge in [0.1, 0.15) is 0 Å². The molecule has 6 nitrogen and oxygen atoms in total. The quantitative estimate of drug-likeness (QED) is 0.0789. The molecule has 3 rings (SSSR count). The zero-order valence-corrected chi connectivity index (χ0v) is 43.2. The highest BCUT2D eigenvalue weighted by atomic mass is 16.5. The van der Waals surface area contributed by atoms with Gasteiger partial charge in [0.25, 0.3) is 0 Å². The third kappa shape index (κ3) is 22.2. The zero-order chi connectivity index (χ0) is 47.4. The smallest absolute Gasteiger partial charge is 0.161 e. The Morgan fingerprint density at radius 2 is 0.877 bits per heavy atom. The maximum absolute atomic E-state index is 5.71. The summed E-state index contributed by atoms with van der Waals surface area (Å²) in [4.78, 5) is 2.68. The molecule has 0 bridgehead atoms. The van der Waals surface area contributed by atoms with E-state index in [0.29, 0.717) is 12.1 Å². The molecule has 0 heterocycles. The molecular weight excluding hydrogens is 801 g/mol. The maximum atomic E-state index is 5.71. The van der Waals surface area contributed by atoms with E-state index in [4.69, 9.17) is 18.9 Å². The first kappa shape index (κ1) is 55.1. The van der Waals surface area contributed by atoms with Crippen LogP contribution in [0.25, 0.3) is 0 Å². The van der Waals surface area contributed by atoms with Gasteiger partial charge in [0, 0.05) is 31.7 Å². The summed E-state index contributed by atoms with van der Waals surface area (Å²) in [5.74, 6) is 3.07. The van der Waals surface area contributed by atoms with Crippen LogP contribution in [0.2, 0.25) is 0 Å². The molecular formula is C59H90N2O4. The number of rotatable bonds is 30. The van der Waals surface area contributed by atoms with Gasteiger partial charge in [-0.25, -0.2) is 0 Å². The molecule has 0 amide bonds. The lowest BCUT2D eigenvalue weighted by Gasteiger charge is -2.40. The lowest BCUT2D eigenvalue weighted by atomic mass is 9.88. The van der Waals surface area contributed by atoms with Gasteiger partial charge in [-0.1, -0.05) is 107 Å². The number of benzene rings is 2. The van der Waals surface area contributed by atoms with Crippen LogP contribution in [0.4, 0.5) is 0 Å². The van der Waals surface area contributed by atoms with Crippen LogP contribution in [0.3, 0.4) is 0 Å². The Hall–Kier alpha value is -4.26. The van der Waals surface area contributed by atoms with Crippen molar-refractivity contribution in [3.8, 4) is 23.0 Å². The normalized spacial score (nSPS) is 16.8. The number of hydrogen-bond donors (Lipinski definition) is 1. The number of ether oxygens (including phenoxy) is 4. The van der Waals surface area contributed by atoms with Crippen LogP contribution in [0.5, 0.6) is 23.0 Å². The van der Waals surface area contributed by atoms with Crippen molar-refractivity contribution in [3.05, 3.63) is 129 Å². The van der Waals surface area contributed by atoms with Gasteiger partial charge in [0.05, 0.1) is 28.4 Å². The Kier molecular flexibility index (Phi) is 26.8. The standard InChI is InChI=1S/C59H90N2O4/c1-45(2)21-15-22-46(3)23-16-24-47(4)25-17-26-48(5)27-18-28-49(6)29-19-30-50(7)31-20-32-51(8)39-40-61(44-53-36-38-57(63-10)59(42-53)65-12)55-34-14-13-33-54(55)60-43-52-35-37-56(62-9)58(41-52)64-11/h21,23,25,27,29,31,35-39,41-42,54-55,60H,13-20,22,24,26,28,30,32-34,40,43-44H2,1-12H3/b46-23?,47-25?,48-27+,49-29+,50-31+,51-39+/t54-,55-/m1/s1. The SMILES string of the molecule is COc1ccc(CN[C@@H]2CCCC[C@H]2N(C/C=C(\C)CC/C=C(\C)CC/C=C(\C)CC/C=C(\C)CCC=C(C)CCC=C(C)CCC=C(C)C)Cc2ccc(OC)c(OC)c2)cc1OC. The van der Waals surface area contributed by atoms with Gasteiger partial charge < -0.3 is 24.3 Å². The molecule has 2 aromatic rings. The average Bonchev–Trinajstić information content (AvgIpc) is 3.29. The topological polar surface area (TPSA) is 52.2 Å². The molecule has 6 heteroatoms. The Balaban J connectivity index is 1.49. The number of methoxy groups -OCH3 is 4. The summed E-state index contributed by atoms with van der Waals surface area (Å²) in [7, 11) is 6.79. The fourth-order valence-electron chi connectivity index (χ4n) is 8.76. The summed E-state index contributed by atoms with van der Waals surface area (Å²) in [6, 6.07) is 13.4. The summed E-state index contributed by atoms with van der Waals surface area (Å²) < 4.78 is 22.4. The van der Waals surface area contributed by atoms with Crippen molar-refractivity contribution in [2.24, 2.45) is 0 Å². The van der Waals surface area contributed by atoms with Crippen LogP contribution in [-0.2, 0) is 13.1 Å². The van der Waals surface area contributed by atoms with Crippen LogP contribution in [0, 0.1) is 0 Å². The van der Waals surface area contributed by atoms with Gasteiger partial charge in [0.2, 0.25) is 0 Å². The lowest BCUT2D eigenvalue weighted by Crippen LogP contribution is -2.51. The molecule has 1 fully saturated rings. The largest absolute Gasteiger partial charge is 0.493 e. The van der Waals surface area contributed by atoms with E-state index >= 15 is 0 Å². The van der Waals surface area contributed by atoms with Gasteiger partial charge >= 0.3 is 0 Å². The highest BCUT2D eigenvalue weighted by Gasteiger charge is 2.30. The van der Waals surface area contributed by atoms with Crippen molar-refractivity contribution in [1.82, 2.24) is 10.2 Å². The van der Waals surface area contributed by atoms with Crippen molar-refractivity contribution >= 4 is 0 Å². The fourth-order valence-corrected chi connectivity index (χ4v) is 8.76. The fraction of sp³-hybridized carbons (Fsp3) is 0.559. The highest BCUT2D eigenvalue weighted by molar-refractivity contribution is 5.43. The minimum absolute atomic E-state index is 0.381. The van der Waals surface area contributed by atoms with E-state index in [1.165, 1.54) is 82.2 Å². The Labute approximate surface area is 398 Å². The summed E-state index contributed by atoms with van der Waals surface area (Å²) >= 11 is 0. The lowest BCUT2D eigenvalue weighted by molar-refractivity contribution is 0.126. The Bertz CT molecular complexity index is 1920. The number of allylic oxidation sites excluding steroid dienone is 13. The Morgan fingerprint density at radius 3 is 1.31 bits per heavy atom. The van der Waals surface area contributed by atoms with E-state index in [0.717, 1.165) is 113 Å². The molecule has 0 aromatic heterocycles. The van der Waals surface area contributed by atoms with E-state index in [9.17, 15) is 0 Å². The van der Waals surface area contributed by atoms with Gasteiger partial charge in [-0.3, -0.25) is 4.90 Å². The minimum Gasteiger partial charge on any atom is -0.493 e. The van der Waals surface area contributed by atoms with Crippen LogP contribution < -0.4 is 24.3 Å². The maximum Gasteiger partial charge on any atom is 0.161 e. The van der Waals surface area contributed by atoms with Crippen LogP contribution in [-0.4, -0.2) is 52.0 Å². The van der Waals surface area contributed by atoms with Gasteiger partial charge in [-0.05, 0) is 181 Å². The second-order valence-corrected chi connectivity index (χ2v) is 19.0. The van der Waals surface area contributed by atoms with Crippen molar-refractivity contribution in [2.45, 2.75) is 183 Å². The first-order valence-electron chi connectivity index (χ1n) is 24.8. The molecule has 360 valence electrons. The predicted octanol–water partition coefficient (Wildman–Crippen LogP) is 15.9. The number of nitrogens with one attached hydrogen (secondary N) is 1. The summed E-state index contributed by atoms with van der Waals surface area (Å²) in [5.41, 5.74) is 12.9. The molecule has 0 spiro atoms. The molecule has 0 aliphatic heterocycles. The van der Waals surface area contributed by atoms with Crippen molar-refractivity contribution < 1.29 is 18.9 Å².